The van der Waals surface area contributed by atoms with E-state index in [9.17, 15) is 5.26 Å². The van der Waals surface area contributed by atoms with E-state index in [0.717, 1.165) is 24.1 Å². The molecular formula is C17H18Cl2N4. The fourth-order valence-electron chi connectivity index (χ4n) is 3.20. The second kappa shape index (κ2) is 6.82. The molecule has 0 atom stereocenters. The third-order valence-corrected chi connectivity index (χ3v) is 5.18. The summed E-state index contributed by atoms with van der Waals surface area (Å²) in [6.45, 7) is 0.476. The third kappa shape index (κ3) is 3.31. The Hall–Kier alpha value is -1.70. The van der Waals surface area contributed by atoms with Crippen molar-refractivity contribution in [3.63, 3.8) is 0 Å². The minimum Gasteiger partial charge on any atom is -0.383 e. The number of aromatic nitrogens is 2. The van der Waals surface area contributed by atoms with Crippen molar-refractivity contribution in [3.05, 3.63) is 45.1 Å². The Morgan fingerprint density at radius 2 is 1.96 bits per heavy atom. The Morgan fingerprint density at radius 1 is 1.22 bits per heavy atom. The number of halogens is 2. The number of rotatable bonds is 3. The van der Waals surface area contributed by atoms with Crippen molar-refractivity contribution in [2.75, 3.05) is 5.73 Å². The van der Waals surface area contributed by atoms with E-state index < -0.39 is 0 Å². The van der Waals surface area contributed by atoms with Gasteiger partial charge < -0.3 is 5.73 Å². The molecule has 1 aliphatic rings. The molecule has 1 aliphatic carbocycles. The highest BCUT2D eigenvalue weighted by Crippen LogP contribution is 2.35. The zero-order chi connectivity index (χ0) is 16.4. The maximum Gasteiger partial charge on any atom is 0.140 e. The van der Waals surface area contributed by atoms with Crippen molar-refractivity contribution in [2.45, 2.75) is 44.6 Å². The van der Waals surface area contributed by atoms with E-state index in [4.69, 9.17) is 28.9 Å². The van der Waals surface area contributed by atoms with Crippen LogP contribution < -0.4 is 5.73 Å². The van der Waals surface area contributed by atoms with E-state index in [1.165, 1.54) is 19.3 Å². The smallest absolute Gasteiger partial charge is 0.140 e. The van der Waals surface area contributed by atoms with Crippen LogP contribution in [0, 0.1) is 11.3 Å². The van der Waals surface area contributed by atoms with Crippen LogP contribution in [-0.4, -0.2) is 9.78 Å². The largest absolute Gasteiger partial charge is 0.383 e. The predicted molar refractivity (Wildman–Crippen MR) is 92.7 cm³/mol. The summed E-state index contributed by atoms with van der Waals surface area (Å²) in [7, 11) is 0. The highest BCUT2D eigenvalue weighted by atomic mass is 35.5. The van der Waals surface area contributed by atoms with Crippen LogP contribution in [0.2, 0.25) is 10.0 Å². The van der Waals surface area contributed by atoms with Gasteiger partial charge in [0.2, 0.25) is 0 Å². The van der Waals surface area contributed by atoms with Crippen LogP contribution in [0.3, 0.4) is 0 Å². The highest BCUT2D eigenvalue weighted by molar-refractivity contribution is 6.42. The first-order valence-corrected chi connectivity index (χ1v) is 8.56. The van der Waals surface area contributed by atoms with Gasteiger partial charge in [0.15, 0.2) is 0 Å². The van der Waals surface area contributed by atoms with Crippen molar-refractivity contribution < 1.29 is 0 Å². The van der Waals surface area contributed by atoms with Gasteiger partial charge in [-0.3, -0.25) is 0 Å². The molecule has 1 heterocycles. The van der Waals surface area contributed by atoms with Crippen molar-refractivity contribution in [1.29, 1.82) is 5.26 Å². The van der Waals surface area contributed by atoms with E-state index >= 15 is 0 Å². The number of anilines is 1. The molecule has 23 heavy (non-hydrogen) atoms. The average Bonchev–Trinajstić information content (AvgIpc) is 2.88. The fourth-order valence-corrected chi connectivity index (χ4v) is 3.52. The fraction of sp³-hybridized carbons (Fsp3) is 0.412. The van der Waals surface area contributed by atoms with Crippen LogP contribution in [0.15, 0.2) is 18.2 Å². The Balaban J connectivity index is 1.91. The Kier molecular flexibility index (Phi) is 4.79. The van der Waals surface area contributed by atoms with E-state index in [2.05, 4.69) is 11.2 Å². The monoisotopic (exact) mass is 348 g/mol. The molecule has 1 aromatic heterocycles. The maximum absolute atomic E-state index is 9.47. The first-order chi connectivity index (χ1) is 11.1. The number of benzene rings is 1. The Bertz CT molecular complexity index is 755. The first kappa shape index (κ1) is 16.2. The van der Waals surface area contributed by atoms with E-state index in [0.29, 0.717) is 33.9 Å². The number of nitrogens with two attached hydrogens (primary N) is 1. The van der Waals surface area contributed by atoms with Gasteiger partial charge in [-0.2, -0.15) is 10.4 Å². The van der Waals surface area contributed by atoms with E-state index in [-0.39, 0.29) is 0 Å². The van der Waals surface area contributed by atoms with Crippen molar-refractivity contribution in [3.8, 4) is 6.07 Å². The molecule has 6 heteroatoms. The summed E-state index contributed by atoms with van der Waals surface area (Å²) in [5, 5.41) is 15.1. The summed E-state index contributed by atoms with van der Waals surface area (Å²) in [5.74, 6) is 0.773. The van der Waals surface area contributed by atoms with Crippen LogP contribution in [0.4, 0.5) is 5.82 Å². The molecule has 0 amide bonds. The maximum atomic E-state index is 9.47. The molecule has 120 valence electrons. The van der Waals surface area contributed by atoms with Crippen LogP contribution in [-0.2, 0) is 6.54 Å². The lowest BCUT2D eigenvalue weighted by Gasteiger charge is -2.19. The molecule has 2 aromatic rings. The molecule has 0 radical (unpaired) electrons. The Morgan fingerprint density at radius 3 is 2.61 bits per heavy atom. The van der Waals surface area contributed by atoms with Gasteiger partial charge >= 0.3 is 0 Å². The molecular weight excluding hydrogens is 331 g/mol. The molecule has 2 N–H and O–H groups in total. The summed E-state index contributed by atoms with van der Waals surface area (Å²) in [5.41, 5.74) is 8.48. The SMILES string of the molecule is N#Cc1c(C2CCCCC2)nn(Cc2ccc(Cl)c(Cl)c2)c1N. The van der Waals surface area contributed by atoms with Gasteiger partial charge in [0.1, 0.15) is 17.5 Å². The van der Waals surface area contributed by atoms with Crippen LogP contribution in [0.1, 0.15) is 54.8 Å². The summed E-state index contributed by atoms with van der Waals surface area (Å²) >= 11 is 12.0. The van der Waals surface area contributed by atoms with Gasteiger partial charge in [-0.25, -0.2) is 4.68 Å². The topological polar surface area (TPSA) is 67.6 Å². The number of nitrogen functional groups attached to an aromatic ring is 1. The number of nitrogens with zero attached hydrogens (tertiary/aromatic N) is 3. The number of nitriles is 1. The van der Waals surface area contributed by atoms with Gasteiger partial charge in [-0.05, 0) is 30.5 Å². The first-order valence-electron chi connectivity index (χ1n) is 7.80. The molecule has 4 nitrogen and oxygen atoms in total. The second-order valence-electron chi connectivity index (χ2n) is 6.00. The molecule has 0 aliphatic heterocycles. The van der Waals surface area contributed by atoms with E-state index in [1.54, 1.807) is 16.8 Å². The average molecular weight is 349 g/mol. The summed E-state index contributed by atoms with van der Waals surface area (Å²) in [6.07, 6.45) is 5.80. The standard InChI is InChI=1S/C17H18Cl2N4/c18-14-7-6-11(8-15(14)19)10-23-17(21)13(9-20)16(22-23)12-4-2-1-3-5-12/h6-8,12H,1-5,10,21H2. The molecule has 1 aromatic carbocycles. The number of hydrogen-bond acceptors (Lipinski definition) is 3. The van der Waals surface area contributed by atoms with E-state index in [1.807, 2.05) is 6.07 Å². The van der Waals surface area contributed by atoms with Gasteiger partial charge in [0.05, 0.1) is 22.3 Å². The van der Waals surface area contributed by atoms with Crippen LogP contribution in [0.5, 0.6) is 0 Å². The van der Waals surface area contributed by atoms with Gasteiger partial charge in [0, 0.05) is 5.92 Å². The minimum absolute atomic E-state index is 0.343. The quantitative estimate of drug-likeness (QED) is 0.870. The zero-order valence-electron chi connectivity index (χ0n) is 12.7. The molecule has 0 spiro atoms. The molecule has 0 unspecified atom stereocenters. The number of hydrogen-bond donors (Lipinski definition) is 1. The molecule has 0 bridgehead atoms. The van der Waals surface area contributed by atoms with Gasteiger partial charge in [-0.15, -0.1) is 0 Å². The second-order valence-corrected chi connectivity index (χ2v) is 6.81. The summed E-state index contributed by atoms with van der Waals surface area (Å²) < 4.78 is 1.70. The van der Waals surface area contributed by atoms with Gasteiger partial charge in [0.25, 0.3) is 0 Å². The predicted octanol–water partition coefficient (Wildman–Crippen LogP) is 4.74. The zero-order valence-corrected chi connectivity index (χ0v) is 14.2. The van der Waals surface area contributed by atoms with Crippen LogP contribution >= 0.6 is 23.2 Å². The molecule has 1 fully saturated rings. The molecule has 3 rings (SSSR count). The molecule has 1 saturated carbocycles. The lowest BCUT2D eigenvalue weighted by atomic mass is 9.85. The summed E-state index contributed by atoms with van der Waals surface area (Å²) in [6, 6.07) is 7.68. The van der Waals surface area contributed by atoms with Crippen LogP contribution in [0.25, 0.3) is 0 Å². The normalized spacial score (nSPS) is 15.5. The Labute approximate surface area is 145 Å². The lowest BCUT2D eigenvalue weighted by Crippen LogP contribution is -2.08. The minimum atomic E-state index is 0.343. The lowest BCUT2D eigenvalue weighted by molar-refractivity contribution is 0.432. The van der Waals surface area contributed by atoms with Gasteiger partial charge in [-0.1, -0.05) is 48.5 Å². The van der Waals surface area contributed by atoms with Crippen molar-refractivity contribution >= 4 is 29.0 Å². The van der Waals surface area contributed by atoms with Crippen molar-refractivity contribution in [2.24, 2.45) is 0 Å². The molecule has 0 saturated heterocycles. The van der Waals surface area contributed by atoms with Crippen molar-refractivity contribution in [1.82, 2.24) is 9.78 Å². The third-order valence-electron chi connectivity index (χ3n) is 4.44. The summed E-state index contributed by atoms with van der Waals surface area (Å²) in [4.78, 5) is 0. The highest BCUT2D eigenvalue weighted by Gasteiger charge is 2.25.